The smallest absolute Gasteiger partial charge is 0.307 e. The van der Waals surface area contributed by atoms with Crippen molar-refractivity contribution >= 4 is 5.97 Å². The summed E-state index contributed by atoms with van der Waals surface area (Å²) in [4.78, 5) is 16.5. The van der Waals surface area contributed by atoms with Gasteiger partial charge in [-0.2, -0.15) is 5.48 Å². The molecule has 4 nitrogen and oxygen atoms in total. The summed E-state index contributed by atoms with van der Waals surface area (Å²) in [7, 11) is 1.40. The molecule has 14 heavy (non-hydrogen) atoms. The molecular formula is C10H19NO3. The first kappa shape index (κ1) is 11.5. The summed E-state index contributed by atoms with van der Waals surface area (Å²) in [6.07, 6.45) is 1.31. The Balaban J connectivity index is 2.46. The van der Waals surface area contributed by atoms with Gasteiger partial charge < -0.3 is 4.74 Å². The van der Waals surface area contributed by atoms with Crippen LogP contribution in [0.4, 0.5) is 0 Å². The molecule has 1 rings (SSSR count). The van der Waals surface area contributed by atoms with Gasteiger partial charge >= 0.3 is 5.97 Å². The number of carbonyl (C=O) groups is 1. The molecule has 0 aromatic carbocycles. The number of carbonyl (C=O) groups excluding carboxylic acids is 1. The van der Waals surface area contributed by atoms with Gasteiger partial charge in [-0.3, -0.25) is 9.63 Å². The molecule has 4 heteroatoms. The molecule has 82 valence electrons. The summed E-state index contributed by atoms with van der Waals surface area (Å²) in [5, 5.41) is 0. The Kier molecular flexibility index (Phi) is 3.50. The van der Waals surface area contributed by atoms with Gasteiger partial charge in [0.25, 0.3) is 0 Å². The minimum absolute atomic E-state index is 0.0653. The highest BCUT2D eigenvalue weighted by Gasteiger charge is 2.34. The van der Waals surface area contributed by atoms with Gasteiger partial charge in [-0.1, -0.05) is 6.92 Å². The number of esters is 1. The Morgan fingerprint density at radius 2 is 2.29 bits per heavy atom. The molecule has 1 saturated heterocycles. The van der Waals surface area contributed by atoms with Gasteiger partial charge in [0.2, 0.25) is 0 Å². The Morgan fingerprint density at radius 1 is 1.64 bits per heavy atom. The van der Waals surface area contributed by atoms with Gasteiger partial charge in [0, 0.05) is 6.04 Å². The van der Waals surface area contributed by atoms with Crippen molar-refractivity contribution in [3.05, 3.63) is 0 Å². The Hall–Kier alpha value is -0.610. The lowest BCUT2D eigenvalue weighted by atomic mass is 9.87. The van der Waals surface area contributed by atoms with Crippen molar-refractivity contribution in [2.75, 3.05) is 7.11 Å². The number of hydrogen-bond acceptors (Lipinski definition) is 4. The van der Waals surface area contributed by atoms with Crippen molar-refractivity contribution in [3.63, 3.8) is 0 Å². The number of nitrogens with one attached hydrogen (secondary N) is 1. The van der Waals surface area contributed by atoms with Crippen LogP contribution in [0.15, 0.2) is 0 Å². The number of hydrogen-bond donors (Lipinski definition) is 1. The zero-order valence-corrected chi connectivity index (χ0v) is 9.29. The first-order chi connectivity index (χ1) is 6.44. The average molecular weight is 201 g/mol. The lowest BCUT2D eigenvalue weighted by Gasteiger charge is -2.39. The largest absolute Gasteiger partial charge is 0.469 e. The molecule has 0 radical (unpaired) electrons. The summed E-state index contributed by atoms with van der Waals surface area (Å²) in [5.74, 6) is 0.218. The fraction of sp³-hybridized carbons (Fsp3) is 0.900. The molecule has 0 bridgehead atoms. The molecule has 1 N–H and O–H groups in total. The van der Waals surface area contributed by atoms with E-state index in [1.807, 2.05) is 13.8 Å². The van der Waals surface area contributed by atoms with Gasteiger partial charge in [-0.15, -0.1) is 0 Å². The van der Waals surface area contributed by atoms with Crippen LogP contribution in [-0.2, 0) is 14.4 Å². The highest BCUT2D eigenvalue weighted by molar-refractivity contribution is 5.69. The monoisotopic (exact) mass is 201 g/mol. The van der Waals surface area contributed by atoms with E-state index in [1.165, 1.54) is 7.11 Å². The topological polar surface area (TPSA) is 47.6 Å². The van der Waals surface area contributed by atoms with Crippen LogP contribution in [0.1, 0.15) is 33.6 Å². The number of rotatable bonds is 2. The highest BCUT2D eigenvalue weighted by Crippen LogP contribution is 2.28. The van der Waals surface area contributed by atoms with Crippen LogP contribution < -0.4 is 5.48 Å². The predicted octanol–water partition coefficient (Wildman–Crippen LogP) is 1.26. The van der Waals surface area contributed by atoms with E-state index in [-0.39, 0.29) is 17.6 Å². The zero-order chi connectivity index (χ0) is 10.8. The molecule has 1 heterocycles. The summed E-state index contributed by atoms with van der Waals surface area (Å²) in [6.45, 7) is 6.18. The van der Waals surface area contributed by atoms with E-state index in [9.17, 15) is 4.79 Å². The van der Waals surface area contributed by atoms with Crippen LogP contribution in [0.3, 0.4) is 0 Å². The van der Waals surface area contributed by atoms with Crippen LogP contribution in [0, 0.1) is 5.92 Å². The fourth-order valence-electron chi connectivity index (χ4n) is 1.82. The van der Waals surface area contributed by atoms with E-state index in [2.05, 4.69) is 17.1 Å². The SMILES string of the molecule is COC(=O)C[C@H]1NOC(C)(C)C[C@@H]1C. The molecule has 0 amide bonds. The van der Waals surface area contributed by atoms with Crippen LogP contribution in [0.5, 0.6) is 0 Å². The van der Waals surface area contributed by atoms with Crippen LogP contribution in [-0.4, -0.2) is 24.7 Å². The lowest BCUT2D eigenvalue weighted by Crippen LogP contribution is -2.50. The lowest BCUT2D eigenvalue weighted by molar-refractivity contribution is -0.163. The minimum Gasteiger partial charge on any atom is -0.469 e. The second-order valence-corrected chi connectivity index (χ2v) is 4.55. The standard InChI is InChI=1S/C10H19NO3/c1-7-6-10(2,3)14-11-8(7)5-9(12)13-4/h7-8,11H,5-6H2,1-4H3/t7-,8+/m0/s1. The van der Waals surface area contributed by atoms with E-state index < -0.39 is 0 Å². The molecule has 0 aromatic rings. The average Bonchev–Trinajstić information content (AvgIpc) is 2.09. The zero-order valence-electron chi connectivity index (χ0n) is 9.29. The molecule has 0 aliphatic carbocycles. The molecule has 1 fully saturated rings. The molecule has 1 aliphatic heterocycles. The molecule has 1 aliphatic rings. The van der Waals surface area contributed by atoms with Crippen LogP contribution in [0.25, 0.3) is 0 Å². The Bertz CT molecular complexity index is 215. The van der Waals surface area contributed by atoms with Crippen molar-refractivity contribution in [2.45, 2.75) is 45.3 Å². The summed E-state index contributed by atoms with van der Waals surface area (Å²) < 4.78 is 4.62. The van der Waals surface area contributed by atoms with E-state index in [0.717, 1.165) is 6.42 Å². The second kappa shape index (κ2) is 4.28. The van der Waals surface area contributed by atoms with Crippen molar-refractivity contribution < 1.29 is 14.4 Å². The molecule has 0 aromatic heterocycles. The van der Waals surface area contributed by atoms with Crippen molar-refractivity contribution in [1.82, 2.24) is 5.48 Å². The molecule has 0 spiro atoms. The van der Waals surface area contributed by atoms with Gasteiger partial charge in [-0.25, -0.2) is 0 Å². The van der Waals surface area contributed by atoms with Gasteiger partial charge in [0.1, 0.15) is 0 Å². The minimum atomic E-state index is -0.197. The van der Waals surface area contributed by atoms with E-state index in [0.29, 0.717) is 12.3 Å². The normalized spacial score (nSPS) is 31.1. The maximum absolute atomic E-state index is 11.1. The van der Waals surface area contributed by atoms with Crippen LogP contribution >= 0.6 is 0 Å². The second-order valence-electron chi connectivity index (χ2n) is 4.55. The quantitative estimate of drug-likeness (QED) is 0.683. The Morgan fingerprint density at radius 3 is 2.79 bits per heavy atom. The molecule has 0 unspecified atom stereocenters. The highest BCUT2D eigenvalue weighted by atomic mass is 16.7. The fourth-order valence-corrected chi connectivity index (χ4v) is 1.82. The Labute approximate surface area is 84.9 Å². The van der Waals surface area contributed by atoms with Crippen molar-refractivity contribution in [1.29, 1.82) is 0 Å². The molecule has 2 atom stereocenters. The summed E-state index contributed by atoms with van der Waals surface area (Å²) in [5.41, 5.74) is 2.78. The van der Waals surface area contributed by atoms with E-state index in [4.69, 9.17) is 4.84 Å². The predicted molar refractivity (Wildman–Crippen MR) is 52.5 cm³/mol. The van der Waals surface area contributed by atoms with Gasteiger partial charge in [-0.05, 0) is 26.2 Å². The number of hydroxylamine groups is 1. The van der Waals surface area contributed by atoms with E-state index >= 15 is 0 Å². The van der Waals surface area contributed by atoms with Crippen molar-refractivity contribution in [2.24, 2.45) is 5.92 Å². The number of methoxy groups -OCH3 is 1. The van der Waals surface area contributed by atoms with Gasteiger partial charge in [0.15, 0.2) is 0 Å². The maximum atomic E-state index is 11.1. The van der Waals surface area contributed by atoms with Crippen LogP contribution in [0.2, 0.25) is 0 Å². The maximum Gasteiger partial charge on any atom is 0.307 e. The third-order valence-corrected chi connectivity index (χ3v) is 2.60. The third-order valence-electron chi connectivity index (χ3n) is 2.60. The summed E-state index contributed by atoms with van der Waals surface area (Å²) >= 11 is 0. The first-order valence-electron chi connectivity index (χ1n) is 4.95. The number of ether oxygens (including phenoxy) is 1. The van der Waals surface area contributed by atoms with Gasteiger partial charge in [0.05, 0.1) is 19.1 Å². The first-order valence-corrected chi connectivity index (χ1v) is 4.95. The third kappa shape index (κ3) is 2.96. The molecule has 0 saturated carbocycles. The van der Waals surface area contributed by atoms with E-state index in [1.54, 1.807) is 0 Å². The molecular weight excluding hydrogens is 182 g/mol. The summed E-state index contributed by atoms with van der Waals surface area (Å²) in [6, 6.07) is 0.0653. The van der Waals surface area contributed by atoms with Crippen molar-refractivity contribution in [3.8, 4) is 0 Å².